The van der Waals surface area contributed by atoms with Gasteiger partial charge in [-0.05, 0) is 42.9 Å². The van der Waals surface area contributed by atoms with E-state index < -0.39 is 5.69 Å². The van der Waals surface area contributed by atoms with E-state index in [9.17, 15) is 19.2 Å². The Kier molecular flexibility index (Phi) is 9.40. The summed E-state index contributed by atoms with van der Waals surface area (Å²) in [5, 5.41) is 6.12. The maximum absolute atomic E-state index is 13.2. The van der Waals surface area contributed by atoms with Gasteiger partial charge in [0.25, 0.3) is 5.56 Å². The predicted octanol–water partition coefficient (Wildman–Crippen LogP) is 2.46. The van der Waals surface area contributed by atoms with Crippen molar-refractivity contribution in [3.63, 3.8) is 0 Å². The lowest BCUT2D eigenvalue weighted by Crippen LogP contribution is -2.43. The SMILES string of the molecule is CC(C)CNC(=O)CCCCn1c(=O)c2ccccc2n(CC(=O)NCCc2ccccc2)c1=O. The highest BCUT2D eigenvalue weighted by Crippen LogP contribution is 2.08. The minimum Gasteiger partial charge on any atom is -0.356 e. The first-order valence-corrected chi connectivity index (χ1v) is 12.2. The van der Waals surface area contributed by atoms with Crippen molar-refractivity contribution in [2.75, 3.05) is 13.1 Å². The Bertz CT molecular complexity index is 1260. The number of unbranched alkanes of at least 4 members (excludes halogenated alkanes) is 1. The van der Waals surface area contributed by atoms with Crippen LogP contribution in [0, 0.1) is 5.92 Å². The summed E-state index contributed by atoms with van der Waals surface area (Å²) in [7, 11) is 0. The second-order valence-corrected chi connectivity index (χ2v) is 9.08. The number of hydrogen-bond donors (Lipinski definition) is 2. The maximum Gasteiger partial charge on any atom is 0.331 e. The summed E-state index contributed by atoms with van der Waals surface area (Å²) in [5.41, 5.74) is 0.652. The molecule has 0 aliphatic carbocycles. The Morgan fingerprint density at radius 3 is 2.31 bits per heavy atom. The van der Waals surface area contributed by atoms with Crippen LogP contribution >= 0.6 is 0 Å². The van der Waals surface area contributed by atoms with Crippen LogP contribution in [-0.4, -0.2) is 34.0 Å². The van der Waals surface area contributed by atoms with Gasteiger partial charge in [0.2, 0.25) is 11.8 Å². The monoisotopic (exact) mass is 478 g/mol. The molecule has 3 aromatic rings. The van der Waals surface area contributed by atoms with Crippen LogP contribution in [-0.2, 0) is 29.1 Å². The third-order valence-corrected chi connectivity index (χ3v) is 5.76. The molecule has 0 fully saturated rings. The van der Waals surface area contributed by atoms with Crippen molar-refractivity contribution in [1.82, 2.24) is 19.8 Å². The van der Waals surface area contributed by atoms with Gasteiger partial charge in [0.05, 0.1) is 10.9 Å². The van der Waals surface area contributed by atoms with E-state index in [1.807, 2.05) is 44.2 Å². The second-order valence-electron chi connectivity index (χ2n) is 9.08. The molecule has 2 amide bonds. The van der Waals surface area contributed by atoms with Crippen LogP contribution in [0.2, 0.25) is 0 Å². The molecule has 0 unspecified atom stereocenters. The minimum atomic E-state index is -0.517. The molecule has 186 valence electrons. The Balaban J connectivity index is 1.68. The third kappa shape index (κ3) is 7.40. The molecular weight excluding hydrogens is 444 g/mol. The Labute approximate surface area is 205 Å². The highest BCUT2D eigenvalue weighted by Gasteiger charge is 2.15. The molecule has 0 saturated heterocycles. The van der Waals surface area contributed by atoms with Gasteiger partial charge >= 0.3 is 5.69 Å². The Morgan fingerprint density at radius 1 is 0.857 bits per heavy atom. The van der Waals surface area contributed by atoms with Crippen molar-refractivity contribution in [1.29, 1.82) is 0 Å². The fourth-order valence-electron chi connectivity index (χ4n) is 3.87. The van der Waals surface area contributed by atoms with Crippen LogP contribution in [0.3, 0.4) is 0 Å². The smallest absolute Gasteiger partial charge is 0.331 e. The molecule has 0 aliphatic heterocycles. The van der Waals surface area contributed by atoms with Crippen LogP contribution in [0.15, 0.2) is 64.2 Å². The minimum absolute atomic E-state index is 0.0332. The van der Waals surface area contributed by atoms with Crippen LogP contribution < -0.4 is 21.9 Å². The molecule has 2 N–H and O–H groups in total. The zero-order valence-electron chi connectivity index (χ0n) is 20.5. The van der Waals surface area contributed by atoms with Gasteiger partial charge in [-0.3, -0.25) is 23.5 Å². The van der Waals surface area contributed by atoms with Gasteiger partial charge in [0.1, 0.15) is 6.54 Å². The topological polar surface area (TPSA) is 102 Å². The number of nitrogens with zero attached hydrogens (tertiary/aromatic N) is 2. The van der Waals surface area contributed by atoms with Gasteiger partial charge in [-0.1, -0.05) is 56.3 Å². The lowest BCUT2D eigenvalue weighted by atomic mass is 10.1. The third-order valence-electron chi connectivity index (χ3n) is 5.76. The Hall–Kier alpha value is -3.68. The van der Waals surface area contributed by atoms with Crippen molar-refractivity contribution in [2.45, 2.75) is 52.6 Å². The summed E-state index contributed by atoms with van der Waals surface area (Å²) >= 11 is 0. The summed E-state index contributed by atoms with van der Waals surface area (Å²) in [6.45, 7) is 5.15. The average molecular weight is 479 g/mol. The van der Waals surface area contributed by atoms with Gasteiger partial charge in [-0.15, -0.1) is 0 Å². The average Bonchev–Trinajstić information content (AvgIpc) is 2.85. The van der Waals surface area contributed by atoms with E-state index in [-0.39, 0.29) is 30.5 Å². The maximum atomic E-state index is 13.2. The van der Waals surface area contributed by atoms with E-state index in [1.54, 1.807) is 24.3 Å². The van der Waals surface area contributed by atoms with Crippen molar-refractivity contribution >= 4 is 22.7 Å². The van der Waals surface area contributed by atoms with Crippen LogP contribution in [0.25, 0.3) is 10.9 Å². The highest BCUT2D eigenvalue weighted by molar-refractivity contribution is 5.81. The van der Waals surface area contributed by atoms with Crippen molar-refractivity contribution < 1.29 is 9.59 Å². The normalized spacial score (nSPS) is 11.1. The van der Waals surface area contributed by atoms with Gasteiger partial charge in [-0.2, -0.15) is 0 Å². The summed E-state index contributed by atoms with van der Waals surface area (Å²) in [6, 6.07) is 16.6. The number of para-hydroxylation sites is 1. The van der Waals surface area contributed by atoms with Crippen molar-refractivity contribution in [2.24, 2.45) is 5.92 Å². The van der Waals surface area contributed by atoms with E-state index in [2.05, 4.69) is 10.6 Å². The summed E-state index contributed by atoms with van der Waals surface area (Å²) < 4.78 is 2.52. The fourth-order valence-corrected chi connectivity index (χ4v) is 3.87. The molecule has 35 heavy (non-hydrogen) atoms. The number of carbonyl (C=O) groups is 2. The Morgan fingerprint density at radius 2 is 1.57 bits per heavy atom. The molecule has 3 rings (SSSR count). The van der Waals surface area contributed by atoms with E-state index in [4.69, 9.17) is 0 Å². The first-order valence-electron chi connectivity index (χ1n) is 12.2. The molecule has 0 saturated carbocycles. The molecule has 0 atom stereocenters. The first kappa shape index (κ1) is 25.9. The largest absolute Gasteiger partial charge is 0.356 e. The van der Waals surface area contributed by atoms with E-state index in [0.29, 0.717) is 55.6 Å². The van der Waals surface area contributed by atoms with Crippen LogP contribution in [0.1, 0.15) is 38.7 Å². The second kappa shape index (κ2) is 12.7. The van der Waals surface area contributed by atoms with E-state index in [1.165, 1.54) is 9.13 Å². The number of nitrogens with one attached hydrogen (secondary N) is 2. The molecule has 2 aromatic carbocycles. The molecule has 1 heterocycles. The predicted molar refractivity (Wildman–Crippen MR) is 137 cm³/mol. The zero-order valence-corrected chi connectivity index (χ0v) is 20.5. The number of amides is 2. The lowest BCUT2D eigenvalue weighted by molar-refractivity contribution is -0.122. The number of benzene rings is 2. The molecular formula is C27H34N4O4. The molecule has 0 aliphatic rings. The lowest BCUT2D eigenvalue weighted by Gasteiger charge is -2.14. The number of rotatable bonds is 12. The summed E-state index contributed by atoms with van der Waals surface area (Å²) in [5.74, 6) is 0.0542. The van der Waals surface area contributed by atoms with Crippen molar-refractivity contribution in [3.8, 4) is 0 Å². The summed E-state index contributed by atoms with van der Waals surface area (Å²) in [4.78, 5) is 50.8. The van der Waals surface area contributed by atoms with Gasteiger partial charge in [0, 0.05) is 26.1 Å². The van der Waals surface area contributed by atoms with Gasteiger partial charge in [-0.25, -0.2) is 4.79 Å². The molecule has 8 nitrogen and oxygen atoms in total. The molecule has 0 radical (unpaired) electrons. The van der Waals surface area contributed by atoms with Crippen LogP contribution in [0.4, 0.5) is 0 Å². The van der Waals surface area contributed by atoms with Gasteiger partial charge in [0.15, 0.2) is 0 Å². The molecule has 0 spiro atoms. The number of carbonyl (C=O) groups excluding carboxylic acids is 2. The first-order chi connectivity index (χ1) is 16.9. The standard InChI is InChI=1S/C27H34N4O4/c1-20(2)18-29-24(32)14-8-9-17-30-26(34)22-12-6-7-13-23(22)31(27(30)35)19-25(33)28-16-15-21-10-4-3-5-11-21/h3-7,10-13,20H,8-9,14-19H2,1-2H3,(H,28,33)(H,29,32). The van der Waals surface area contributed by atoms with E-state index in [0.717, 1.165) is 5.56 Å². The summed E-state index contributed by atoms with van der Waals surface area (Å²) in [6.07, 6.45) is 2.09. The zero-order chi connectivity index (χ0) is 25.2. The highest BCUT2D eigenvalue weighted by atomic mass is 16.2. The molecule has 1 aromatic heterocycles. The van der Waals surface area contributed by atoms with Crippen LogP contribution in [0.5, 0.6) is 0 Å². The quantitative estimate of drug-likeness (QED) is 0.391. The fraction of sp³-hybridized carbons (Fsp3) is 0.407. The number of hydrogen-bond acceptors (Lipinski definition) is 4. The van der Waals surface area contributed by atoms with E-state index >= 15 is 0 Å². The number of fused-ring (bicyclic) bond motifs is 1. The van der Waals surface area contributed by atoms with Crippen molar-refractivity contribution in [3.05, 3.63) is 81.0 Å². The van der Waals surface area contributed by atoms with Gasteiger partial charge < -0.3 is 10.6 Å². The molecule has 0 bridgehead atoms. The number of aromatic nitrogens is 2. The molecule has 8 heteroatoms.